The molecular weight excluding hydrogens is 412 g/mol. The van der Waals surface area contributed by atoms with Gasteiger partial charge < -0.3 is 10.2 Å². The summed E-state index contributed by atoms with van der Waals surface area (Å²) in [5.41, 5.74) is 0. The molecule has 1 aromatic heterocycles. The zero-order valence-corrected chi connectivity index (χ0v) is 19.1. The third-order valence-electron chi connectivity index (χ3n) is 5.02. The summed E-state index contributed by atoms with van der Waals surface area (Å²) in [5, 5.41) is 6.20. The number of nitrogens with one attached hydrogen (secondary N) is 2. The molecular formula is C19H32N4O4S2. The Morgan fingerprint density at radius 1 is 1.24 bits per heavy atom. The van der Waals surface area contributed by atoms with Crippen molar-refractivity contribution in [1.82, 2.24) is 14.5 Å². The minimum absolute atomic E-state index is 0.000300. The Labute approximate surface area is 177 Å². The minimum atomic E-state index is -3.54. The number of piperidine rings is 1. The Bertz CT molecular complexity index is 790. The first-order valence-electron chi connectivity index (χ1n) is 10.3. The molecule has 8 nitrogen and oxygen atoms in total. The summed E-state index contributed by atoms with van der Waals surface area (Å²) >= 11 is 1.04. The molecule has 10 heteroatoms. The second kappa shape index (κ2) is 10.9. The molecule has 2 heterocycles. The van der Waals surface area contributed by atoms with Crippen molar-refractivity contribution in [2.75, 3.05) is 38.0 Å². The van der Waals surface area contributed by atoms with Gasteiger partial charge >= 0.3 is 6.03 Å². The molecule has 0 aromatic carbocycles. The number of carbonyl (C=O) groups excluding carboxylic acids is 2. The number of likely N-dealkylation sites (tertiary alicyclic amines) is 1. The predicted octanol–water partition coefficient (Wildman–Crippen LogP) is 2.94. The van der Waals surface area contributed by atoms with Crippen molar-refractivity contribution in [3.63, 3.8) is 0 Å². The second-order valence-corrected chi connectivity index (χ2v) is 10.3. The van der Waals surface area contributed by atoms with E-state index in [1.807, 2.05) is 0 Å². The van der Waals surface area contributed by atoms with Crippen LogP contribution in [0.25, 0.3) is 0 Å². The number of nitrogens with zero attached hydrogens (tertiary/aromatic N) is 2. The first-order valence-corrected chi connectivity index (χ1v) is 12.5. The van der Waals surface area contributed by atoms with Crippen LogP contribution in [0.4, 0.5) is 9.80 Å². The molecule has 1 saturated heterocycles. The average molecular weight is 445 g/mol. The molecule has 3 amide bonds. The third-order valence-corrected chi connectivity index (χ3v) is 8.54. The van der Waals surface area contributed by atoms with Crippen molar-refractivity contribution in [2.24, 2.45) is 5.92 Å². The Morgan fingerprint density at radius 3 is 2.62 bits per heavy atom. The monoisotopic (exact) mass is 444 g/mol. The number of thiophene rings is 1. The van der Waals surface area contributed by atoms with Gasteiger partial charge in [0, 0.05) is 32.7 Å². The van der Waals surface area contributed by atoms with Gasteiger partial charge in [0.05, 0.1) is 10.9 Å². The van der Waals surface area contributed by atoms with E-state index in [0.29, 0.717) is 37.7 Å². The van der Waals surface area contributed by atoms with E-state index in [9.17, 15) is 18.0 Å². The lowest BCUT2D eigenvalue weighted by atomic mass is 9.97. The van der Waals surface area contributed by atoms with Gasteiger partial charge in [0.1, 0.15) is 4.21 Å². The van der Waals surface area contributed by atoms with Gasteiger partial charge in [-0.05, 0) is 31.4 Å². The van der Waals surface area contributed by atoms with Crippen LogP contribution in [0.15, 0.2) is 16.3 Å². The van der Waals surface area contributed by atoms with Gasteiger partial charge in [-0.2, -0.15) is 4.31 Å². The number of unbranched alkanes of at least 4 members (excludes halogenated alkanes) is 1. The van der Waals surface area contributed by atoms with E-state index in [0.717, 1.165) is 37.0 Å². The second-order valence-electron chi connectivity index (χ2n) is 7.07. The van der Waals surface area contributed by atoms with Crippen molar-refractivity contribution in [3.8, 4) is 0 Å². The zero-order chi connectivity index (χ0) is 21.4. The van der Waals surface area contributed by atoms with Crippen LogP contribution in [0.5, 0.6) is 0 Å². The van der Waals surface area contributed by atoms with Crippen molar-refractivity contribution >= 4 is 38.3 Å². The van der Waals surface area contributed by atoms with Gasteiger partial charge in [0.15, 0.2) is 0 Å². The number of amides is 3. The molecule has 0 saturated carbocycles. The smallest absolute Gasteiger partial charge is 0.322 e. The molecule has 1 atom stereocenters. The maximum atomic E-state index is 12.6. The summed E-state index contributed by atoms with van der Waals surface area (Å²) in [5.74, 6) is -0.201. The van der Waals surface area contributed by atoms with Crippen LogP contribution in [0.1, 0.15) is 46.5 Å². The van der Waals surface area contributed by atoms with Gasteiger partial charge in [-0.25, -0.2) is 13.2 Å². The molecule has 0 bridgehead atoms. The van der Waals surface area contributed by atoms with Crippen molar-refractivity contribution in [2.45, 2.75) is 50.7 Å². The van der Waals surface area contributed by atoms with Crippen LogP contribution >= 0.6 is 11.3 Å². The summed E-state index contributed by atoms with van der Waals surface area (Å²) in [7, 11) is -3.54. The maximum Gasteiger partial charge on any atom is 0.322 e. The highest BCUT2D eigenvalue weighted by Gasteiger charge is 2.29. The number of sulfonamides is 1. The molecule has 1 fully saturated rings. The van der Waals surface area contributed by atoms with Crippen LogP contribution in [0.3, 0.4) is 0 Å². The molecule has 2 N–H and O–H groups in total. The van der Waals surface area contributed by atoms with E-state index in [4.69, 9.17) is 0 Å². The van der Waals surface area contributed by atoms with E-state index < -0.39 is 10.0 Å². The predicted molar refractivity (Wildman–Crippen MR) is 116 cm³/mol. The summed E-state index contributed by atoms with van der Waals surface area (Å²) in [6.07, 6.45) is 3.50. The highest BCUT2D eigenvalue weighted by atomic mass is 32.2. The van der Waals surface area contributed by atoms with Crippen LogP contribution in [0.2, 0.25) is 0 Å². The van der Waals surface area contributed by atoms with Crippen LogP contribution in [-0.2, 0) is 14.8 Å². The normalized spacial score (nSPS) is 17.4. The number of hydrogen-bond acceptors (Lipinski definition) is 5. The average Bonchev–Trinajstić information content (AvgIpc) is 3.18. The van der Waals surface area contributed by atoms with E-state index >= 15 is 0 Å². The van der Waals surface area contributed by atoms with E-state index in [2.05, 4.69) is 17.6 Å². The molecule has 29 heavy (non-hydrogen) atoms. The largest absolute Gasteiger partial charge is 0.356 e. The van der Waals surface area contributed by atoms with Crippen molar-refractivity contribution < 1.29 is 18.0 Å². The van der Waals surface area contributed by atoms with Crippen LogP contribution in [-0.4, -0.2) is 62.3 Å². The van der Waals surface area contributed by atoms with E-state index in [1.165, 1.54) is 10.4 Å². The Kier molecular flexibility index (Phi) is 8.91. The molecule has 164 valence electrons. The zero-order valence-electron chi connectivity index (χ0n) is 17.4. The Morgan fingerprint density at radius 2 is 1.97 bits per heavy atom. The molecule has 0 aliphatic carbocycles. The van der Waals surface area contributed by atoms with Crippen molar-refractivity contribution in [3.05, 3.63) is 12.1 Å². The van der Waals surface area contributed by atoms with Gasteiger partial charge in [0.2, 0.25) is 5.91 Å². The summed E-state index contributed by atoms with van der Waals surface area (Å²) in [6, 6.07) is 2.83. The lowest BCUT2D eigenvalue weighted by molar-refractivity contribution is -0.126. The quantitative estimate of drug-likeness (QED) is 0.572. The van der Waals surface area contributed by atoms with E-state index in [1.54, 1.807) is 24.8 Å². The number of rotatable bonds is 9. The summed E-state index contributed by atoms with van der Waals surface area (Å²) in [6.45, 7) is 8.08. The summed E-state index contributed by atoms with van der Waals surface area (Å²) in [4.78, 5) is 26.6. The summed E-state index contributed by atoms with van der Waals surface area (Å²) < 4.78 is 26.8. The number of urea groups is 1. The lowest BCUT2D eigenvalue weighted by Gasteiger charge is -2.31. The topological polar surface area (TPSA) is 98.8 Å². The third kappa shape index (κ3) is 6.16. The molecule has 1 aliphatic rings. The number of hydrogen-bond donors (Lipinski definition) is 2. The van der Waals surface area contributed by atoms with E-state index in [-0.39, 0.29) is 22.1 Å². The highest BCUT2D eigenvalue weighted by molar-refractivity contribution is 7.91. The first kappa shape index (κ1) is 23.6. The first-order chi connectivity index (χ1) is 13.8. The number of carbonyl (C=O) groups is 2. The fraction of sp³-hybridized carbons (Fsp3) is 0.684. The molecule has 0 radical (unpaired) electrons. The molecule has 2 rings (SSSR count). The minimum Gasteiger partial charge on any atom is -0.356 e. The molecule has 1 aliphatic heterocycles. The fourth-order valence-electron chi connectivity index (χ4n) is 3.31. The van der Waals surface area contributed by atoms with Crippen LogP contribution < -0.4 is 10.6 Å². The van der Waals surface area contributed by atoms with Gasteiger partial charge in [-0.3, -0.25) is 10.1 Å². The van der Waals surface area contributed by atoms with Gasteiger partial charge in [-0.15, -0.1) is 11.3 Å². The van der Waals surface area contributed by atoms with Gasteiger partial charge in [-0.1, -0.05) is 27.2 Å². The van der Waals surface area contributed by atoms with Crippen molar-refractivity contribution in [1.29, 1.82) is 0 Å². The molecule has 1 unspecified atom stereocenters. The lowest BCUT2D eigenvalue weighted by Crippen LogP contribution is -2.47. The Hall–Kier alpha value is -1.65. The maximum absolute atomic E-state index is 12.6. The van der Waals surface area contributed by atoms with Gasteiger partial charge in [0.25, 0.3) is 10.0 Å². The number of anilines is 1. The Balaban J connectivity index is 1.96. The molecule has 0 spiro atoms. The highest BCUT2D eigenvalue weighted by Crippen LogP contribution is 2.29. The fourth-order valence-corrected chi connectivity index (χ4v) is 6.12. The SMILES string of the molecule is CCCCNC(=O)C1CCCN(C(=O)Nc2ccc(S(=O)(=O)N(CC)CC)s2)C1. The van der Waals surface area contributed by atoms with Crippen LogP contribution in [0, 0.1) is 5.92 Å². The standard InChI is InChI=1S/C19H32N4O4S2/c1-4-7-12-20-18(24)15-9-8-13-22(14-15)19(25)21-16-10-11-17(28-16)29(26,27)23(5-2)6-3/h10-11,15H,4-9,12-14H2,1-3H3,(H,20,24)(H,21,25). The molecule has 1 aromatic rings.